The molecule has 0 aliphatic carbocycles. The molecule has 4 aliphatic rings. The molecule has 0 radical (unpaired) electrons. The van der Waals surface area contributed by atoms with Crippen molar-refractivity contribution >= 4 is 27.7 Å². The lowest BCUT2D eigenvalue weighted by molar-refractivity contribution is 0.0669. The molecule has 204 valence electrons. The van der Waals surface area contributed by atoms with Gasteiger partial charge in [-0.15, -0.1) is 0 Å². The maximum absolute atomic E-state index is 13.3. The summed E-state index contributed by atoms with van der Waals surface area (Å²) in [5.41, 5.74) is 1.35. The second-order valence-electron chi connectivity index (χ2n) is 11.8. The minimum absolute atomic E-state index is 0.0858. The highest BCUT2D eigenvalue weighted by atomic mass is 79.9. The minimum atomic E-state index is 0.0858. The van der Waals surface area contributed by atoms with E-state index in [0.29, 0.717) is 11.1 Å². The van der Waals surface area contributed by atoms with Crippen LogP contribution < -0.4 is 0 Å². The summed E-state index contributed by atoms with van der Waals surface area (Å²) in [5.74, 6) is 1.65. The molecule has 0 aromatic heterocycles. The summed E-state index contributed by atoms with van der Waals surface area (Å²) < 4.78 is 0.736. The van der Waals surface area contributed by atoms with E-state index in [1.807, 2.05) is 28.0 Å². The van der Waals surface area contributed by atoms with Crippen LogP contribution >= 0.6 is 15.9 Å². The van der Waals surface area contributed by atoms with Crippen molar-refractivity contribution < 1.29 is 9.59 Å². The molecule has 4 heterocycles. The topological polar surface area (TPSA) is 47.1 Å². The molecule has 0 spiro atoms. The van der Waals surface area contributed by atoms with Gasteiger partial charge in [0.15, 0.2) is 0 Å². The van der Waals surface area contributed by atoms with Gasteiger partial charge >= 0.3 is 0 Å². The Balaban J connectivity index is 1.07. The van der Waals surface area contributed by atoms with Crippen LogP contribution in [0, 0.1) is 11.8 Å². The van der Waals surface area contributed by atoms with Crippen molar-refractivity contribution in [3.63, 3.8) is 0 Å². The third-order valence-electron chi connectivity index (χ3n) is 9.35. The number of halogens is 1. The lowest BCUT2D eigenvalue weighted by Gasteiger charge is -2.33. The van der Waals surface area contributed by atoms with Crippen LogP contribution in [0.1, 0.15) is 84.9 Å². The molecule has 4 saturated heterocycles. The average Bonchev–Trinajstić information content (AvgIpc) is 3.65. The van der Waals surface area contributed by atoms with Crippen LogP contribution in [0.4, 0.5) is 0 Å². The van der Waals surface area contributed by atoms with Gasteiger partial charge in [0.2, 0.25) is 0 Å². The summed E-state index contributed by atoms with van der Waals surface area (Å²) >= 11 is 3.61. The molecule has 4 aliphatic heterocycles. The zero-order chi connectivity index (χ0) is 25.6. The van der Waals surface area contributed by atoms with Gasteiger partial charge in [-0.2, -0.15) is 0 Å². The Bertz CT molecular complexity index is 912. The minimum Gasteiger partial charge on any atom is -0.339 e. The Labute approximate surface area is 231 Å². The molecular formula is C30H45BrN4O2. The van der Waals surface area contributed by atoms with E-state index in [0.717, 1.165) is 68.2 Å². The molecule has 0 atom stereocenters. The van der Waals surface area contributed by atoms with Crippen LogP contribution in [0.25, 0.3) is 0 Å². The van der Waals surface area contributed by atoms with Crippen molar-refractivity contribution in [2.45, 2.75) is 64.2 Å². The fourth-order valence-corrected chi connectivity index (χ4v) is 7.32. The monoisotopic (exact) mass is 572 g/mol. The Hall–Kier alpha value is -1.44. The van der Waals surface area contributed by atoms with Crippen molar-refractivity contribution in [1.82, 2.24) is 19.6 Å². The number of nitrogens with zero attached hydrogens (tertiary/aromatic N) is 4. The van der Waals surface area contributed by atoms with Gasteiger partial charge in [-0.1, -0.05) is 0 Å². The third kappa shape index (κ3) is 7.15. The zero-order valence-electron chi connectivity index (χ0n) is 22.5. The van der Waals surface area contributed by atoms with Crippen LogP contribution in [0.5, 0.6) is 0 Å². The van der Waals surface area contributed by atoms with Gasteiger partial charge in [0.25, 0.3) is 11.8 Å². The predicted octanol–water partition coefficient (Wildman–Crippen LogP) is 5.13. The van der Waals surface area contributed by atoms with Crippen LogP contribution in [0.15, 0.2) is 22.7 Å². The standard InChI is InChI=1S/C30H45BrN4O2/c31-28-23-26(29(36)34-19-9-24(10-20-34)7-17-32-13-1-2-14-32)5-6-27(28)30(37)35-21-11-25(12-22-35)8-18-33-15-3-4-16-33/h5-6,23-25H,1-4,7-22H2. The lowest BCUT2D eigenvalue weighted by Crippen LogP contribution is -2.40. The summed E-state index contributed by atoms with van der Waals surface area (Å²) in [4.78, 5) is 35.6. The fraction of sp³-hybridized carbons (Fsp3) is 0.733. The first-order valence-corrected chi connectivity index (χ1v) is 15.7. The fourth-order valence-electron chi connectivity index (χ4n) is 6.77. The number of hydrogen-bond donors (Lipinski definition) is 0. The van der Waals surface area contributed by atoms with E-state index in [1.54, 1.807) is 0 Å². The van der Waals surface area contributed by atoms with Crippen LogP contribution in [0.3, 0.4) is 0 Å². The molecule has 2 amide bonds. The van der Waals surface area contributed by atoms with Crippen molar-refractivity contribution in [3.05, 3.63) is 33.8 Å². The highest BCUT2D eigenvalue weighted by molar-refractivity contribution is 9.10. The molecule has 4 fully saturated rings. The molecule has 6 nitrogen and oxygen atoms in total. The maximum atomic E-state index is 13.3. The van der Waals surface area contributed by atoms with Crippen LogP contribution in [-0.4, -0.2) is 96.9 Å². The molecule has 0 unspecified atom stereocenters. The first-order valence-electron chi connectivity index (χ1n) is 14.9. The van der Waals surface area contributed by atoms with E-state index in [9.17, 15) is 9.59 Å². The number of piperidine rings is 2. The molecule has 7 heteroatoms. The highest BCUT2D eigenvalue weighted by Gasteiger charge is 2.28. The van der Waals surface area contributed by atoms with Crippen molar-refractivity contribution in [2.24, 2.45) is 11.8 Å². The Morgan fingerprint density at radius 3 is 1.59 bits per heavy atom. The Kier molecular flexibility index (Phi) is 9.59. The largest absolute Gasteiger partial charge is 0.339 e. The van der Waals surface area contributed by atoms with Gasteiger partial charge in [0.05, 0.1) is 5.56 Å². The summed E-state index contributed by atoms with van der Waals surface area (Å²) in [5, 5.41) is 0. The van der Waals surface area contributed by atoms with E-state index in [-0.39, 0.29) is 11.8 Å². The number of hydrogen-bond acceptors (Lipinski definition) is 4. The molecule has 37 heavy (non-hydrogen) atoms. The van der Waals surface area contributed by atoms with Crippen LogP contribution in [-0.2, 0) is 0 Å². The first-order chi connectivity index (χ1) is 18.1. The summed E-state index contributed by atoms with van der Waals surface area (Å²) in [6.45, 7) is 10.9. The third-order valence-corrected chi connectivity index (χ3v) is 10.0. The normalized spacial score (nSPS) is 22.7. The molecular weight excluding hydrogens is 528 g/mol. The zero-order valence-corrected chi connectivity index (χ0v) is 24.1. The van der Waals surface area contributed by atoms with E-state index in [1.165, 1.54) is 77.8 Å². The van der Waals surface area contributed by atoms with E-state index in [2.05, 4.69) is 25.7 Å². The van der Waals surface area contributed by atoms with Crippen molar-refractivity contribution in [3.8, 4) is 0 Å². The number of carbonyl (C=O) groups is 2. The number of rotatable bonds is 8. The maximum Gasteiger partial charge on any atom is 0.254 e. The first kappa shape index (κ1) is 27.1. The number of likely N-dealkylation sites (tertiary alicyclic amines) is 4. The molecule has 0 N–H and O–H groups in total. The van der Waals surface area contributed by atoms with Gasteiger partial charge in [-0.3, -0.25) is 9.59 Å². The van der Waals surface area contributed by atoms with Gasteiger partial charge in [-0.25, -0.2) is 0 Å². The second-order valence-corrected chi connectivity index (χ2v) is 12.7. The molecule has 1 aromatic rings. The smallest absolute Gasteiger partial charge is 0.254 e. The van der Waals surface area contributed by atoms with Gasteiger partial charge in [0, 0.05) is 36.2 Å². The van der Waals surface area contributed by atoms with Crippen molar-refractivity contribution in [2.75, 3.05) is 65.4 Å². The quantitative estimate of drug-likeness (QED) is 0.433. The van der Waals surface area contributed by atoms with E-state index in [4.69, 9.17) is 0 Å². The Morgan fingerprint density at radius 1 is 0.676 bits per heavy atom. The SMILES string of the molecule is O=C(c1ccc(C(=O)N2CCC(CCN3CCCC3)CC2)c(Br)c1)N1CCC(CCN2CCCC2)CC1. The highest BCUT2D eigenvalue weighted by Crippen LogP contribution is 2.28. The van der Waals surface area contributed by atoms with Gasteiger partial charge in [0.1, 0.15) is 0 Å². The molecule has 1 aromatic carbocycles. The Morgan fingerprint density at radius 2 is 1.14 bits per heavy atom. The molecule has 5 rings (SSSR count). The predicted molar refractivity (Wildman–Crippen MR) is 152 cm³/mol. The molecule has 0 bridgehead atoms. The second kappa shape index (κ2) is 13.1. The van der Waals surface area contributed by atoms with Crippen LogP contribution in [0.2, 0.25) is 0 Å². The average molecular weight is 574 g/mol. The summed E-state index contributed by atoms with van der Waals surface area (Å²) in [6.07, 6.45) is 12.3. The van der Waals surface area contributed by atoms with Gasteiger partial charge in [-0.05, 0) is 149 Å². The van der Waals surface area contributed by atoms with E-state index >= 15 is 0 Å². The summed E-state index contributed by atoms with van der Waals surface area (Å²) in [7, 11) is 0. The summed E-state index contributed by atoms with van der Waals surface area (Å²) in [6, 6.07) is 5.56. The number of carbonyl (C=O) groups excluding carboxylic acids is 2. The number of amides is 2. The lowest BCUT2D eigenvalue weighted by atomic mass is 9.92. The van der Waals surface area contributed by atoms with Crippen molar-refractivity contribution in [1.29, 1.82) is 0 Å². The van der Waals surface area contributed by atoms with E-state index < -0.39 is 0 Å². The van der Waals surface area contributed by atoms with Gasteiger partial charge < -0.3 is 19.6 Å². The molecule has 0 saturated carbocycles. The number of benzene rings is 1.